The molecule has 4 aliphatic rings. The van der Waals surface area contributed by atoms with Gasteiger partial charge in [-0.15, -0.1) is 0 Å². The Balaban J connectivity index is 1.42. The number of hydrogen-bond acceptors (Lipinski definition) is 3. The highest BCUT2D eigenvalue weighted by atomic mass is 16.2. The topological polar surface area (TPSA) is 87.3 Å². The number of aryl methyl sites for hydroxylation is 3. The summed E-state index contributed by atoms with van der Waals surface area (Å²) >= 11 is 0. The van der Waals surface area contributed by atoms with Crippen LogP contribution in [0.3, 0.4) is 0 Å². The van der Waals surface area contributed by atoms with E-state index in [4.69, 9.17) is 0 Å². The maximum absolute atomic E-state index is 13.3. The first kappa shape index (κ1) is 20.9. The monoisotopic (exact) mass is 411 g/mol. The first-order chi connectivity index (χ1) is 14.1. The van der Waals surface area contributed by atoms with Gasteiger partial charge in [0.1, 0.15) is 0 Å². The van der Waals surface area contributed by atoms with Crippen LogP contribution < -0.4 is 16.0 Å². The van der Waals surface area contributed by atoms with E-state index < -0.39 is 5.41 Å². The normalized spacial score (nSPS) is 31.3. The molecule has 0 spiro atoms. The van der Waals surface area contributed by atoms with Gasteiger partial charge >= 0.3 is 0 Å². The van der Waals surface area contributed by atoms with Crippen LogP contribution in [0.1, 0.15) is 62.1 Å². The first-order valence-corrected chi connectivity index (χ1v) is 11.0. The molecule has 1 aromatic rings. The van der Waals surface area contributed by atoms with Crippen molar-refractivity contribution < 1.29 is 14.4 Å². The highest BCUT2D eigenvalue weighted by Gasteiger charge is 2.60. The van der Waals surface area contributed by atoms with Crippen molar-refractivity contribution in [3.8, 4) is 0 Å². The third-order valence-corrected chi connectivity index (χ3v) is 7.33. The number of rotatable bonds is 5. The van der Waals surface area contributed by atoms with Crippen LogP contribution in [0.25, 0.3) is 0 Å². The zero-order valence-electron chi connectivity index (χ0n) is 18.5. The number of carbonyl (C=O) groups is 3. The van der Waals surface area contributed by atoms with Gasteiger partial charge in [-0.05, 0) is 82.3 Å². The van der Waals surface area contributed by atoms with Gasteiger partial charge in [-0.3, -0.25) is 14.4 Å². The maximum atomic E-state index is 13.3. The SMILES string of the molecule is CC(=O)NC12C[C@H]3C[C@@H](C1)CC(C(=O)NCC(=O)Nc1c(C)cc(C)cc1C)(C3)C2. The number of nitrogens with one attached hydrogen (secondary N) is 3. The minimum absolute atomic E-state index is 0.0178. The fourth-order valence-electron chi connectivity index (χ4n) is 6.96. The van der Waals surface area contributed by atoms with E-state index in [2.05, 4.69) is 16.0 Å². The van der Waals surface area contributed by atoms with Gasteiger partial charge < -0.3 is 16.0 Å². The van der Waals surface area contributed by atoms with Crippen molar-refractivity contribution in [1.29, 1.82) is 0 Å². The Morgan fingerprint density at radius 3 is 2.17 bits per heavy atom. The van der Waals surface area contributed by atoms with Crippen LogP contribution >= 0.6 is 0 Å². The molecule has 30 heavy (non-hydrogen) atoms. The molecule has 2 unspecified atom stereocenters. The zero-order valence-corrected chi connectivity index (χ0v) is 18.5. The van der Waals surface area contributed by atoms with Crippen LogP contribution in [0.5, 0.6) is 0 Å². The average molecular weight is 412 g/mol. The van der Waals surface area contributed by atoms with Crippen LogP contribution in [-0.2, 0) is 14.4 Å². The molecule has 4 saturated carbocycles. The second-order valence-corrected chi connectivity index (χ2v) is 10.2. The van der Waals surface area contributed by atoms with Crippen molar-refractivity contribution in [2.45, 2.75) is 71.8 Å². The summed E-state index contributed by atoms with van der Waals surface area (Å²) in [6, 6.07) is 4.08. The van der Waals surface area contributed by atoms with E-state index >= 15 is 0 Å². The van der Waals surface area contributed by atoms with Gasteiger partial charge in [0.05, 0.1) is 12.0 Å². The van der Waals surface area contributed by atoms with Gasteiger partial charge in [0.2, 0.25) is 17.7 Å². The Kier molecular flexibility index (Phi) is 5.15. The highest BCUT2D eigenvalue weighted by Crippen LogP contribution is 2.61. The molecular weight excluding hydrogens is 378 g/mol. The molecule has 162 valence electrons. The number of amides is 3. The lowest BCUT2D eigenvalue weighted by atomic mass is 9.46. The molecule has 1 aromatic carbocycles. The van der Waals surface area contributed by atoms with Gasteiger partial charge in [-0.25, -0.2) is 0 Å². The largest absolute Gasteiger partial charge is 0.351 e. The second-order valence-electron chi connectivity index (χ2n) is 10.2. The first-order valence-electron chi connectivity index (χ1n) is 11.0. The molecule has 6 heteroatoms. The summed E-state index contributed by atoms with van der Waals surface area (Å²) in [6.45, 7) is 7.52. The third kappa shape index (κ3) is 3.84. The summed E-state index contributed by atoms with van der Waals surface area (Å²) in [6.07, 6.45) is 5.54. The molecule has 5 rings (SSSR count). The minimum Gasteiger partial charge on any atom is -0.351 e. The fraction of sp³-hybridized carbons (Fsp3) is 0.625. The quantitative estimate of drug-likeness (QED) is 0.696. The average Bonchev–Trinajstić information content (AvgIpc) is 2.60. The molecule has 0 radical (unpaired) electrons. The van der Waals surface area contributed by atoms with Gasteiger partial charge in [0.15, 0.2) is 0 Å². The molecule has 0 heterocycles. The van der Waals surface area contributed by atoms with E-state index in [9.17, 15) is 14.4 Å². The smallest absolute Gasteiger partial charge is 0.243 e. The van der Waals surface area contributed by atoms with Crippen LogP contribution in [0.15, 0.2) is 12.1 Å². The number of benzene rings is 1. The summed E-state index contributed by atoms with van der Waals surface area (Å²) in [5.74, 6) is 0.709. The van der Waals surface area contributed by atoms with Crippen LogP contribution in [0.4, 0.5) is 5.69 Å². The maximum Gasteiger partial charge on any atom is 0.243 e. The highest BCUT2D eigenvalue weighted by molar-refractivity contribution is 5.96. The van der Waals surface area contributed by atoms with E-state index in [0.717, 1.165) is 54.5 Å². The lowest BCUT2D eigenvalue weighted by Crippen LogP contribution is -2.66. The predicted molar refractivity (Wildman–Crippen MR) is 116 cm³/mol. The lowest BCUT2D eigenvalue weighted by Gasteiger charge is -2.61. The van der Waals surface area contributed by atoms with Crippen molar-refractivity contribution in [2.75, 3.05) is 11.9 Å². The molecule has 3 amide bonds. The third-order valence-electron chi connectivity index (χ3n) is 7.33. The number of hydrogen-bond donors (Lipinski definition) is 3. The lowest BCUT2D eigenvalue weighted by molar-refractivity contribution is -0.153. The van der Waals surface area contributed by atoms with Gasteiger partial charge in [-0.2, -0.15) is 0 Å². The Bertz CT molecular complexity index is 870. The summed E-state index contributed by atoms with van der Waals surface area (Å²) in [4.78, 5) is 37.6. The van der Waals surface area contributed by atoms with Crippen molar-refractivity contribution in [3.63, 3.8) is 0 Å². The summed E-state index contributed by atoms with van der Waals surface area (Å²) in [5.41, 5.74) is 3.32. The molecule has 4 aliphatic carbocycles. The summed E-state index contributed by atoms with van der Waals surface area (Å²) in [7, 11) is 0. The Labute approximate surface area is 178 Å². The number of carbonyl (C=O) groups excluding carboxylic acids is 3. The Hall–Kier alpha value is -2.37. The molecule has 4 bridgehead atoms. The molecule has 4 atom stereocenters. The number of anilines is 1. The minimum atomic E-state index is -0.456. The van der Waals surface area contributed by atoms with Crippen molar-refractivity contribution >= 4 is 23.4 Å². The van der Waals surface area contributed by atoms with Crippen LogP contribution in [0.2, 0.25) is 0 Å². The van der Waals surface area contributed by atoms with E-state index in [-0.39, 0.29) is 29.8 Å². The summed E-state index contributed by atoms with van der Waals surface area (Å²) in [5, 5.41) is 9.06. The van der Waals surface area contributed by atoms with Gasteiger partial charge in [-0.1, -0.05) is 17.7 Å². The van der Waals surface area contributed by atoms with Crippen molar-refractivity contribution in [2.24, 2.45) is 17.3 Å². The summed E-state index contributed by atoms with van der Waals surface area (Å²) < 4.78 is 0. The standard InChI is InChI=1S/C24H33N3O3/c1-14-5-15(2)21(16(3)6-14)26-20(29)12-25-22(30)23-8-18-7-19(9-23)11-24(10-18,13-23)27-17(4)28/h5-6,18-19H,7-13H2,1-4H3,(H,25,30)(H,26,29)(H,27,28)/t18-,19+,23?,24?. The molecule has 4 fully saturated rings. The van der Waals surface area contributed by atoms with Gasteiger partial charge in [0.25, 0.3) is 0 Å². The van der Waals surface area contributed by atoms with Crippen LogP contribution in [0, 0.1) is 38.0 Å². The van der Waals surface area contributed by atoms with E-state index in [0.29, 0.717) is 18.3 Å². The fourth-order valence-corrected chi connectivity index (χ4v) is 6.96. The second kappa shape index (κ2) is 7.40. The van der Waals surface area contributed by atoms with Crippen molar-refractivity contribution in [1.82, 2.24) is 10.6 Å². The Morgan fingerprint density at radius 1 is 1.00 bits per heavy atom. The molecule has 0 saturated heterocycles. The van der Waals surface area contributed by atoms with Gasteiger partial charge in [0, 0.05) is 18.2 Å². The van der Waals surface area contributed by atoms with Crippen molar-refractivity contribution in [3.05, 3.63) is 28.8 Å². The molecular formula is C24H33N3O3. The van der Waals surface area contributed by atoms with Crippen LogP contribution in [-0.4, -0.2) is 29.8 Å². The van der Waals surface area contributed by atoms with E-state index in [1.807, 2.05) is 32.9 Å². The molecule has 3 N–H and O–H groups in total. The van der Waals surface area contributed by atoms with E-state index in [1.165, 1.54) is 0 Å². The molecule has 0 aliphatic heterocycles. The Morgan fingerprint density at radius 2 is 1.60 bits per heavy atom. The zero-order chi connectivity index (χ0) is 21.7. The van der Waals surface area contributed by atoms with E-state index in [1.54, 1.807) is 6.92 Å². The molecule has 0 aromatic heterocycles. The predicted octanol–water partition coefficient (Wildman–Crippen LogP) is 3.14. The molecule has 6 nitrogen and oxygen atoms in total.